The lowest BCUT2D eigenvalue weighted by Gasteiger charge is -2.33. The highest BCUT2D eigenvalue weighted by molar-refractivity contribution is 7.89. The molecule has 0 atom stereocenters. The number of halogens is 1. The minimum absolute atomic E-state index is 0.165. The normalized spacial score (nSPS) is 15.5. The Hall–Kier alpha value is -2.93. The third-order valence-corrected chi connectivity index (χ3v) is 9.29. The highest BCUT2D eigenvalue weighted by Gasteiger charge is 2.30. The molecule has 0 aliphatic carbocycles. The summed E-state index contributed by atoms with van der Waals surface area (Å²) < 4.78 is 37.9. The summed E-state index contributed by atoms with van der Waals surface area (Å²) in [6.45, 7) is 10.2. The van der Waals surface area contributed by atoms with Crippen molar-refractivity contribution in [3.05, 3.63) is 40.0 Å². The molecule has 0 bridgehead atoms. The number of fused-ring (bicyclic) bond motifs is 3. The summed E-state index contributed by atoms with van der Waals surface area (Å²) in [5.41, 5.74) is 2.06. The van der Waals surface area contributed by atoms with Gasteiger partial charge in [-0.15, -0.1) is 10.2 Å². The Morgan fingerprint density at radius 3 is 2.49 bits per heavy atom. The number of sulfonamides is 1. The molecule has 1 aliphatic heterocycles. The standard InChI is InChI=1S/C26H34ClN7O4S/c1-4-9-31-11-13-32(14-12-31)39(36,37)18-7-8-20(38-15-6-3)19(16-18)22-21(27)24-23(29-22)25-30-28-17-34(25)26(35)33(24)10-5-2/h7-8,16-17,29H,4-6,9-15H2,1-3H3. The van der Waals surface area contributed by atoms with Crippen molar-refractivity contribution in [2.75, 3.05) is 39.3 Å². The van der Waals surface area contributed by atoms with Crippen LogP contribution in [0.15, 0.2) is 34.2 Å². The average molecular weight is 576 g/mol. The fourth-order valence-electron chi connectivity index (χ4n) is 5.13. The Morgan fingerprint density at radius 2 is 1.79 bits per heavy atom. The first-order chi connectivity index (χ1) is 18.8. The van der Waals surface area contributed by atoms with E-state index < -0.39 is 10.0 Å². The van der Waals surface area contributed by atoms with Crippen molar-refractivity contribution in [1.29, 1.82) is 0 Å². The van der Waals surface area contributed by atoms with Crippen molar-refractivity contribution in [2.45, 2.75) is 51.5 Å². The van der Waals surface area contributed by atoms with Crippen molar-refractivity contribution in [2.24, 2.45) is 0 Å². The molecule has 1 N–H and O–H groups in total. The number of aryl methyl sites for hydroxylation is 1. The number of aromatic nitrogens is 5. The van der Waals surface area contributed by atoms with Gasteiger partial charge in [0.2, 0.25) is 10.0 Å². The smallest absolute Gasteiger partial charge is 0.335 e. The molecule has 1 fully saturated rings. The third-order valence-electron chi connectivity index (χ3n) is 7.03. The first-order valence-electron chi connectivity index (χ1n) is 13.4. The molecule has 1 aliphatic rings. The monoisotopic (exact) mass is 575 g/mol. The summed E-state index contributed by atoms with van der Waals surface area (Å²) in [4.78, 5) is 19.0. The molecular weight excluding hydrogens is 542 g/mol. The van der Waals surface area contributed by atoms with E-state index in [0.29, 0.717) is 84.5 Å². The Morgan fingerprint density at radius 1 is 1.05 bits per heavy atom. The second-order valence-electron chi connectivity index (χ2n) is 9.75. The molecule has 13 heteroatoms. The molecule has 0 unspecified atom stereocenters. The molecule has 4 heterocycles. The van der Waals surface area contributed by atoms with Gasteiger partial charge in [0.05, 0.1) is 27.7 Å². The van der Waals surface area contributed by atoms with Crippen molar-refractivity contribution in [3.63, 3.8) is 0 Å². The van der Waals surface area contributed by atoms with Crippen molar-refractivity contribution in [1.82, 2.24) is 33.4 Å². The Labute approximate surface area is 232 Å². The fourth-order valence-corrected chi connectivity index (χ4v) is 6.93. The van der Waals surface area contributed by atoms with Gasteiger partial charge in [-0.3, -0.25) is 4.57 Å². The highest BCUT2D eigenvalue weighted by atomic mass is 35.5. The number of hydrogen-bond acceptors (Lipinski definition) is 7. The SMILES string of the molecule is CCCOc1ccc(S(=O)(=O)N2CCN(CCC)CC2)cc1-c1[nH]c2c(c1Cl)n(CCC)c(=O)n1cnnc21. The highest BCUT2D eigenvalue weighted by Crippen LogP contribution is 2.40. The number of H-pyrrole nitrogens is 1. The van der Waals surface area contributed by atoms with Crippen LogP contribution in [0.1, 0.15) is 40.0 Å². The number of benzene rings is 1. The van der Waals surface area contributed by atoms with Gasteiger partial charge in [-0.1, -0.05) is 32.4 Å². The van der Waals surface area contributed by atoms with Gasteiger partial charge in [0, 0.05) is 38.3 Å². The quantitative estimate of drug-likeness (QED) is 0.307. The van der Waals surface area contributed by atoms with E-state index in [1.54, 1.807) is 22.8 Å². The zero-order chi connectivity index (χ0) is 27.7. The van der Waals surface area contributed by atoms with Gasteiger partial charge < -0.3 is 14.6 Å². The van der Waals surface area contributed by atoms with E-state index in [4.69, 9.17) is 16.3 Å². The van der Waals surface area contributed by atoms with Crippen LogP contribution < -0.4 is 10.4 Å². The molecule has 3 aromatic heterocycles. The van der Waals surface area contributed by atoms with Gasteiger partial charge in [-0.25, -0.2) is 17.6 Å². The van der Waals surface area contributed by atoms with E-state index in [9.17, 15) is 13.2 Å². The minimum Gasteiger partial charge on any atom is -0.493 e. The van der Waals surface area contributed by atoms with Crippen LogP contribution in [0.2, 0.25) is 5.02 Å². The molecule has 4 aromatic rings. The van der Waals surface area contributed by atoms with Gasteiger partial charge in [0.15, 0.2) is 5.65 Å². The summed E-state index contributed by atoms with van der Waals surface area (Å²) in [5, 5.41) is 8.36. The van der Waals surface area contributed by atoms with Gasteiger partial charge >= 0.3 is 5.69 Å². The molecule has 39 heavy (non-hydrogen) atoms. The zero-order valence-electron chi connectivity index (χ0n) is 22.5. The van der Waals surface area contributed by atoms with Crippen molar-refractivity contribution in [3.8, 4) is 17.0 Å². The van der Waals surface area contributed by atoms with Gasteiger partial charge in [-0.2, -0.15) is 4.31 Å². The van der Waals surface area contributed by atoms with E-state index >= 15 is 0 Å². The number of aromatic amines is 1. The lowest BCUT2D eigenvalue weighted by Crippen LogP contribution is -2.48. The van der Waals surface area contributed by atoms with E-state index in [1.807, 2.05) is 13.8 Å². The van der Waals surface area contributed by atoms with E-state index in [-0.39, 0.29) is 10.6 Å². The molecule has 11 nitrogen and oxygen atoms in total. The van der Waals surface area contributed by atoms with Crippen molar-refractivity contribution < 1.29 is 13.2 Å². The van der Waals surface area contributed by atoms with Gasteiger partial charge in [0.25, 0.3) is 0 Å². The molecule has 0 amide bonds. The third kappa shape index (κ3) is 4.94. The van der Waals surface area contributed by atoms with Crippen LogP contribution in [-0.4, -0.2) is 81.1 Å². The van der Waals surface area contributed by atoms with Gasteiger partial charge in [-0.05, 0) is 44.0 Å². The van der Waals surface area contributed by atoms with Crippen LogP contribution in [-0.2, 0) is 16.6 Å². The van der Waals surface area contributed by atoms with Crippen molar-refractivity contribution >= 4 is 38.3 Å². The number of piperazine rings is 1. The second-order valence-corrected chi connectivity index (χ2v) is 12.1. The Balaban J connectivity index is 1.65. The molecule has 0 radical (unpaired) electrons. The van der Waals surface area contributed by atoms with E-state index in [0.717, 1.165) is 19.4 Å². The topological polar surface area (TPSA) is 118 Å². The predicted molar refractivity (Wildman–Crippen MR) is 151 cm³/mol. The van der Waals surface area contributed by atoms with Gasteiger partial charge in [0.1, 0.15) is 17.6 Å². The fraction of sp³-hybridized carbons (Fsp3) is 0.500. The number of hydrogen-bond donors (Lipinski definition) is 1. The lowest BCUT2D eigenvalue weighted by molar-refractivity contribution is 0.188. The second kappa shape index (κ2) is 11.3. The van der Waals surface area contributed by atoms with Crippen LogP contribution in [0, 0.1) is 0 Å². The van der Waals surface area contributed by atoms with Crippen LogP contribution in [0.25, 0.3) is 27.9 Å². The molecule has 5 rings (SSSR count). The number of rotatable bonds is 10. The summed E-state index contributed by atoms with van der Waals surface area (Å²) in [6.07, 6.45) is 3.90. The first-order valence-corrected chi connectivity index (χ1v) is 15.3. The molecule has 1 aromatic carbocycles. The zero-order valence-corrected chi connectivity index (χ0v) is 24.1. The van der Waals surface area contributed by atoms with Crippen LogP contribution in [0.4, 0.5) is 0 Å². The summed E-state index contributed by atoms with van der Waals surface area (Å²) in [6, 6.07) is 4.87. The van der Waals surface area contributed by atoms with Crippen LogP contribution in [0.3, 0.4) is 0 Å². The maximum absolute atomic E-state index is 13.7. The average Bonchev–Trinajstić information content (AvgIpc) is 3.55. The molecule has 210 valence electrons. The van der Waals surface area contributed by atoms with E-state index in [2.05, 4.69) is 27.0 Å². The maximum Gasteiger partial charge on any atom is 0.335 e. The van der Waals surface area contributed by atoms with Crippen LogP contribution >= 0.6 is 11.6 Å². The molecule has 1 saturated heterocycles. The minimum atomic E-state index is -3.75. The number of nitrogens with zero attached hydrogens (tertiary/aromatic N) is 6. The molecule has 0 spiro atoms. The largest absolute Gasteiger partial charge is 0.493 e. The molecular formula is C26H34ClN7O4S. The predicted octanol–water partition coefficient (Wildman–Crippen LogP) is 3.61. The maximum atomic E-state index is 13.7. The molecule has 0 saturated carbocycles. The lowest BCUT2D eigenvalue weighted by atomic mass is 10.1. The first kappa shape index (κ1) is 27.6. The van der Waals surface area contributed by atoms with E-state index in [1.165, 1.54) is 15.0 Å². The Bertz CT molecular complexity index is 1650. The van der Waals surface area contributed by atoms with Crippen LogP contribution in [0.5, 0.6) is 5.75 Å². The summed E-state index contributed by atoms with van der Waals surface area (Å²) in [5.74, 6) is 0.499. The number of nitrogens with one attached hydrogen (secondary N) is 1. The summed E-state index contributed by atoms with van der Waals surface area (Å²) >= 11 is 6.97. The Kier molecular flexibility index (Phi) is 7.99. The summed E-state index contributed by atoms with van der Waals surface area (Å²) in [7, 11) is -3.75. The number of ether oxygens (including phenoxy) is 1.